The summed E-state index contributed by atoms with van der Waals surface area (Å²) in [6.07, 6.45) is 6.02. The van der Waals surface area contributed by atoms with Crippen molar-refractivity contribution in [2.75, 3.05) is 5.32 Å². The van der Waals surface area contributed by atoms with Gasteiger partial charge in [0.1, 0.15) is 5.56 Å². The molecule has 124 valence electrons. The van der Waals surface area contributed by atoms with E-state index in [0.29, 0.717) is 22.0 Å². The molecule has 0 bridgehead atoms. The Hall–Kier alpha value is -3.06. The van der Waals surface area contributed by atoms with Gasteiger partial charge in [-0.3, -0.25) is 10.1 Å². The van der Waals surface area contributed by atoms with Crippen LogP contribution >= 0.6 is 11.3 Å². The van der Waals surface area contributed by atoms with E-state index in [1.807, 2.05) is 18.2 Å². The predicted octanol–water partition coefficient (Wildman–Crippen LogP) is 3.34. The van der Waals surface area contributed by atoms with Gasteiger partial charge in [-0.25, -0.2) is 14.5 Å². The maximum atomic E-state index is 12.6. The van der Waals surface area contributed by atoms with Gasteiger partial charge in [0.2, 0.25) is 0 Å². The minimum absolute atomic E-state index is 0.244. The van der Waals surface area contributed by atoms with Crippen LogP contribution in [0.3, 0.4) is 0 Å². The lowest BCUT2D eigenvalue weighted by atomic mass is 10.1. The Bertz CT molecular complexity index is 1040. The third-order valence-electron chi connectivity index (χ3n) is 3.79. The van der Waals surface area contributed by atoms with Crippen molar-refractivity contribution in [2.45, 2.75) is 13.3 Å². The van der Waals surface area contributed by atoms with Crippen molar-refractivity contribution < 1.29 is 4.79 Å². The number of benzene rings is 1. The van der Waals surface area contributed by atoms with Gasteiger partial charge in [-0.2, -0.15) is 5.10 Å². The number of nitrogens with one attached hydrogen (secondary N) is 1. The second-order valence-electron chi connectivity index (χ2n) is 5.60. The number of rotatable bonds is 4. The molecule has 0 saturated carbocycles. The highest BCUT2D eigenvalue weighted by Gasteiger charge is 2.19. The molecule has 0 aliphatic carbocycles. The molecular formula is C18H15N5OS. The van der Waals surface area contributed by atoms with Crippen molar-refractivity contribution in [3.05, 3.63) is 76.7 Å². The molecule has 0 spiro atoms. The van der Waals surface area contributed by atoms with Gasteiger partial charge >= 0.3 is 0 Å². The van der Waals surface area contributed by atoms with E-state index in [1.165, 1.54) is 16.9 Å². The molecule has 0 saturated heterocycles. The highest BCUT2D eigenvalue weighted by atomic mass is 32.1. The fourth-order valence-corrected chi connectivity index (χ4v) is 3.51. The lowest BCUT2D eigenvalue weighted by Gasteiger charge is -2.00. The van der Waals surface area contributed by atoms with Gasteiger partial charge in [-0.05, 0) is 18.6 Å². The Morgan fingerprint density at radius 1 is 1.20 bits per heavy atom. The molecule has 0 aliphatic heterocycles. The highest BCUT2D eigenvalue weighted by molar-refractivity contribution is 7.15. The number of hydrogen-bond acceptors (Lipinski definition) is 5. The van der Waals surface area contributed by atoms with E-state index in [4.69, 9.17) is 0 Å². The second-order valence-corrected chi connectivity index (χ2v) is 6.71. The molecule has 25 heavy (non-hydrogen) atoms. The first-order chi connectivity index (χ1) is 12.2. The number of aryl methyl sites for hydroxylation is 1. The van der Waals surface area contributed by atoms with Crippen LogP contribution in [0, 0.1) is 6.92 Å². The van der Waals surface area contributed by atoms with Crippen molar-refractivity contribution in [3.63, 3.8) is 0 Å². The Balaban J connectivity index is 1.54. The molecule has 4 aromatic rings. The first-order valence-corrected chi connectivity index (χ1v) is 8.62. The van der Waals surface area contributed by atoms with E-state index in [0.717, 1.165) is 11.3 Å². The van der Waals surface area contributed by atoms with Crippen molar-refractivity contribution in [3.8, 4) is 0 Å². The van der Waals surface area contributed by atoms with Crippen LogP contribution in [-0.4, -0.2) is 25.5 Å². The average molecular weight is 349 g/mol. The highest BCUT2D eigenvalue weighted by Crippen LogP contribution is 2.23. The van der Waals surface area contributed by atoms with Crippen LogP contribution < -0.4 is 5.32 Å². The monoisotopic (exact) mass is 349 g/mol. The molecule has 0 unspecified atom stereocenters. The molecule has 0 radical (unpaired) electrons. The largest absolute Gasteiger partial charge is 0.298 e. The van der Waals surface area contributed by atoms with Crippen LogP contribution in [0.5, 0.6) is 0 Å². The summed E-state index contributed by atoms with van der Waals surface area (Å²) in [5, 5.41) is 7.75. The van der Waals surface area contributed by atoms with Crippen molar-refractivity contribution in [1.29, 1.82) is 0 Å². The first-order valence-electron chi connectivity index (χ1n) is 7.80. The zero-order valence-electron chi connectivity index (χ0n) is 13.5. The maximum absolute atomic E-state index is 12.6. The minimum Gasteiger partial charge on any atom is -0.298 e. The summed E-state index contributed by atoms with van der Waals surface area (Å²) >= 11 is 1.47. The third kappa shape index (κ3) is 3.14. The summed E-state index contributed by atoms with van der Waals surface area (Å²) in [6.45, 7) is 1.80. The van der Waals surface area contributed by atoms with Crippen LogP contribution in [0.15, 0.2) is 55.0 Å². The summed E-state index contributed by atoms with van der Waals surface area (Å²) in [5.74, 6) is -0.244. The van der Waals surface area contributed by atoms with Crippen LogP contribution in [0.4, 0.5) is 5.13 Å². The average Bonchev–Trinajstić information content (AvgIpc) is 3.18. The molecule has 3 aromatic heterocycles. The number of thiazole rings is 1. The van der Waals surface area contributed by atoms with Gasteiger partial charge in [0, 0.05) is 29.9 Å². The quantitative estimate of drug-likeness (QED) is 0.613. The fourth-order valence-electron chi connectivity index (χ4n) is 2.67. The summed E-state index contributed by atoms with van der Waals surface area (Å²) in [4.78, 5) is 22.3. The van der Waals surface area contributed by atoms with Gasteiger partial charge in [0.25, 0.3) is 5.91 Å². The Morgan fingerprint density at radius 2 is 2.04 bits per heavy atom. The number of nitrogens with zero attached hydrogens (tertiary/aromatic N) is 4. The maximum Gasteiger partial charge on any atom is 0.263 e. The summed E-state index contributed by atoms with van der Waals surface area (Å²) < 4.78 is 1.60. The topological polar surface area (TPSA) is 72.2 Å². The van der Waals surface area contributed by atoms with Crippen LogP contribution in [0.1, 0.15) is 26.5 Å². The molecule has 3 heterocycles. The van der Waals surface area contributed by atoms with E-state index in [-0.39, 0.29) is 5.91 Å². The van der Waals surface area contributed by atoms with Crippen molar-refractivity contribution in [2.24, 2.45) is 0 Å². The molecule has 6 nitrogen and oxygen atoms in total. The fraction of sp³-hybridized carbons (Fsp3) is 0.111. The Morgan fingerprint density at radius 3 is 2.88 bits per heavy atom. The number of anilines is 1. The zero-order chi connectivity index (χ0) is 17.2. The Kier molecular flexibility index (Phi) is 3.99. The van der Waals surface area contributed by atoms with E-state index >= 15 is 0 Å². The number of carbonyl (C=O) groups is 1. The molecule has 4 rings (SSSR count). The van der Waals surface area contributed by atoms with Gasteiger partial charge < -0.3 is 0 Å². The summed E-state index contributed by atoms with van der Waals surface area (Å²) in [6, 6.07) is 11.9. The molecule has 1 amide bonds. The molecule has 1 N–H and O–H groups in total. The van der Waals surface area contributed by atoms with Gasteiger partial charge in [0.05, 0.1) is 5.69 Å². The molecule has 0 fully saturated rings. The number of hydrogen-bond donors (Lipinski definition) is 1. The summed E-state index contributed by atoms with van der Waals surface area (Å²) in [5.41, 5.74) is 2.86. The van der Waals surface area contributed by atoms with Gasteiger partial charge in [-0.1, -0.05) is 30.3 Å². The zero-order valence-corrected chi connectivity index (χ0v) is 14.3. The van der Waals surface area contributed by atoms with E-state index in [2.05, 4.69) is 32.5 Å². The predicted molar refractivity (Wildman–Crippen MR) is 97.0 cm³/mol. The van der Waals surface area contributed by atoms with E-state index in [9.17, 15) is 4.79 Å². The second kappa shape index (κ2) is 6.45. The number of fused-ring (bicyclic) bond motifs is 1. The lowest BCUT2D eigenvalue weighted by molar-refractivity contribution is 0.102. The number of carbonyl (C=O) groups excluding carboxylic acids is 1. The third-order valence-corrected chi connectivity index (χ3v) is 4.71. The molecule has 7 heteroatoms. The standard InChI is InChI=1S/C18H15N5OS/c1-12-15(16-19-8-5-9-23(16)22-12)17(24)21-18-20-11-14(25-18)10-13-6-3-2-4-7-13/h2-9,11H,10H2,1H3,(H,20,21,24). The van der Waals surface area contributed by atoms with E-state index < -0.39 is 0 Å². The van der Waals surface area contributed by atoms with Crippen LogP contribution in [0.25, 0.3) is 5.65 Å². The molecule has 0 atom stereocenters. The van der Waals surface area contributed by atoms with Crippen molar-refractivity contribution >= 4 is 28.0 Å². The van der Waals surface area contributed by atoms with Crippen LogP contribution in [0.2, 0.25) is 0 Å². The van der Waals surface area contributed by atoms with Crippen LogP contribution in [-0.2, 0) is 6.42 Å². The SMILES string of the molecule is Cc1nn2cccnc2c1C(=O)Nc1ncc(Cc2ccccc2)s1. The smallest absolute Gasteiger partial charge is 0.263 e. The molecule has 0 aliphatic rings. The molecular weight excluding hydrogens is 334 g/mol. The minimum atomic E-state index is -0.244. The van der Waals surface area contributed by atoms with Gasteiger partial charge in [-0.15, -0.1) is 11.3 Å². The van der Waals surface area contributed by atoms with Crippen molar-refractivity contribution in [1.82, 2.24) is 19.6 Å². The number of amides is 1. The molecule has 1 aromatic carbocycles. The summed E-state index contributed by atoms with van der Waals surface area (Å²) in [7, 11) is 0. The lowest BCUT2D eigenvalue weighted by Crippen LogP contribution is -2.13. The normalized spacial score (nSPS) is 10.9. The first kappa shape index (κ1) is 15.5. The van der Waals surface area contributed by atoms with Gasteiger partial charge in [0.15, 0.2) is 10.8 Å². The van der Waals surface area contributed by atoms with E-state index in [1.54, 1.807) is 36.1 Å². The Labute approximate surface area is 148 Å². The number of aromatic nitrogens is 4.